The van der Waals surface area contributed by atoms with Gasteiger partial charge in [-0.15, -0.1) is 0 Å². The second-order valence-corrected chi connectivity index (χ2v) is 6.49. The molecule has 0 spiro atoms. The Morgan fingerprint density at radius 3 is 2.62 bits per heavy atom. The second kappa shape index (κ2) is 6.20. The van der Waals surface area contributed by atoms with E-state index in [0.29, 0.717) is 17.9 Å². The zero-order chi connectivity index (χ0) is 14.8. The van der Waals surface area contributed by atoms with Crippen LogP contribution in [0.25, 0.3) is 0 Å². The molecule has 1 saturated carbocycles. The fourth-order valence-electron chi connectivity index (χ4n) is 3.21. The van der Waals surface area contributed by atoms with E-state index in [2.05, 4.69) is 63.7 Å². The monoisotopic (exact) mass is 345 g/mol. The van der Waals surface area contributed by atoms with E-state index in [9.17, 15) is 0 Å². The zero-order valence-electron chi connectivity index (χ0n) is 12.3. The highest BCUT2D eigenvalue weighted by molar-refractivity contribution is 9.10. The Morgan fingerprint density at radius 2 is 1.95 bits per heavy atom. The molecule has 0 aliphatic heterocycles. The van der Waals surface area contributed by atoms with Gasteiger partial charge in [0.2, 0.25) is 0 Å². The minimum atomic E-state index is 0.332. The molecule has 3 heteroatoms. The van der Waals surface area contributed by atoms with Crippen LogP contribution in [0.3, 0.4) is 0 Å². The van der Waals surface area contributed by atoms with Crippen LogP contribution in [0.4, 0.5) is 0 Å². The quantitative estimate of drug-likeness (QED) is 0.859. The number of methoxy groups -OCH3 is 1. The molecule has 0 bridgehead atoms. The lowest BCUT2D eigenvalue weighted by Gasteiger charge is -2.20. The van der Waals surface area contributed by atoms with E-state index >= 15 is 0 Å². The van der Waals surface area contributed by atoms with Crippen molar-refractivity contribution in [2.24, 2.45) is 5.92 Å². The van der Waals surface area contributed by atoms with Crippen LogP contribution in [0.5, 0.6) is 5.75 Å². The second-order valence-electron chi connectivity index (χ2n) is 5.57. The summed E-state index contributed by atoms with van der Waals surface area (Å²) in [6.45, 7) is 0. The summed E-state index contributed by atoms with van der Waals surface area (Å²) in [5.41, 5.74) is 2.69. The number of hydrogen-bond donors (Lipinski definition) is 1. The molecule has 0 saturated heterocycles. The number of benzene rings is 2. The van der Waals surface area contributed by atoms with Crippen molar-refractivity contribution in [3.63, 3.8) is 0 Å². The van der Waals surface area contributed by atoms with Gasteiger partial charge in [-0.1, -0.05) is 52.3 Å². The first-order valence-electron chi connectivity index (χ1n) is 7.30. The topological polar surface area (TPSA) is 21.3 Å². The maximum atomic E-state index is 5.56. The SMILES string of the molecule is CNC(c1ccc(Br)cc1OC)C1CC1c1ccccc1. The summed E-state index contributed by atoms with van der Waals surface area (Å²) in [5.74, 6) is 2.23. The van der Waals surface area contributed by atoms with Gasteiger partial charge in [0.25, 0.3) is 0 Å². The van der Waals surface area contributed by atoms with Crippen LogP contribution >= 0.6 is 15.9 Å². The summed E-state index contributed by atoms with van der Waals surface area (Å²) in [6.07, 6.45) is 1.23. The van der Waals surface area contributed by atoms with Gasteiger partial charge in [-0.05, 0) is 43.0 Å². The maximum absolute atomic E-state index is 5.56. The molecule has 2 aromatic rings. The van der Waals surface area contributed by atoms with Gasteiger partial charge in [0.15, 0.2) is 0 Å². The van der Waals surface area contributed by atoms with Gasteiger partial charge in [-0.25, -0.2) is 0 Å². The molecule has 3 unspecified atom stereocenters. The van der Waals surface area contributed by atoms with E-state index in [-0.39, 0.29) is 0 Å². The summed E-state index contributed by atoms with van der Waals surface area (Å²) in [4.78, 5) is 0. The lowest BCUT2D eigenvalue weighted by molar-refractivity contribution is 0.395. The molecule has 3 rings (SSSR count). The van der Waals surface area contributed by atoms with Crippen LogP contribution in [0.2, 0.25) is 0 Å². The molecular formula is C18H20BrNO. The van der Waals surface area contributed by atoms with Crippen LogP contribution in [-0.2, 0) is 0 Å². The van der Waals surface area contributed by atoms with Crippen molar-refractivity contribution < 1.29 is 4.74 Å². The van der Waals surface area contributed by atoms with Crippen molar-refractivity contribution in [3.05, 3.63) is 64.1 Å². The highest BCUT2D eigenvalue weighted by Crippen LogP contribution is 2.55. The third kappa shape index (κ3) is 2.99. The van der Waals surface area contributed by atoms with Gasteiger partial charge in [0.05, 0.1) is 7.11 Å². The first-order valence-corrected chi connectivity index (χ1v) is 8.09. The largest absolute Gasteiger partial charge is 0.496 e. The van der Waals surface area contributed by atoms with E-state index in [1.54, 1.807) is 7.11 Å². The highest BCUT2D eigenvalue weighted by Gasteiger charge is 2.44. The van der Waals surface area contributed by atoms with Crippen molar-refractivity contribution in [3.8, 4) is 5.75 Å². The van der Waals surface area contributed by atoms with Crippen molar-refractivity contribution in [2.45, 2.75) is 18.4 Å². The highest BCUT2D eigenvalue weighted by atomic mass is 79.9. The summed E-state index contributed by atoms with van der Waals surface area (Å²) in [6, 6.07) is 17.4. The Balaban J connectivity index is 1.84. The van der Waals surface area contributed by atoms with Crippen LogP contribution in [0.15, 0.2) is 53.0 Å². The minimum absolute atomic E-state index is 0.332. The molecular weight excluding hydrogens is 326 g/mol. The Hall–Kier alpha value is -1.32. The average Bonchev–Trinajstić information content (AvgIpc) is 3.30. The summed E-state index contributed by atoms with van der Waals surface area (Å²) in [7, 11) is 3.77. The summed E-state index contributed by atoms with van der Waals surface area (Å²) >= 11 is 3.51. The van der Waals surface area contributed by atoms with Crippen LogP contribution in [0, 0.1) is 5.92 Å². The van der Waals surface area contributed by atoms with Crippen molar-refractivity contribution in [1.29, 1.82) is 0 Å². The van der Waals surface area contributed by atoms with Gasteiger partial charge < -0.3 is 10.1 Å². The standard InChI is InChI=1S/C18H20BrNO/c1-20-18(14-9-8-13(19)10-17(14)21-2)16-11-15(16)12-6-4-3-5-7-12/h3-10,15-16,18,20H,11H2,1-2H3. The number of nitrogens with one attached hydrogen (secondary N) is 1. The van der Waals surface area contributed by atoms with E-state index in [1.165, 1.54) is 17.5 Å². The van der Waals surface area contributed by atoms with E-state index in [0.717, 1.165) is 10.2 Å². The van der Waals surface area contributed by atoms with Gasteiger partial charge >= 0.3 is 0 Å². The summed E-state index contributed by atoms with van der Waals surface area (Å²) < 4.78 is 6.61. The molecule has 0 heterocycles. The normalized spacial score (nSPS) is 21.9. The van der Waals surface area contributed by atoms with E-state index < -0.39 is 0 Å². The third-order valence-corrected chi connectivity index (χ3v) is 4.83. The Labute approximate surface area is 134 Å². The van der Waals surface area contributed by atoms with E-state index in [4.69, 9.17) is 4.74 Å². The van der Waals surface area contributed by atoms with Gasteiger partial charge in [0, 0.05) is 16.1 Å². The van der Waals surface area contributed by atoms with E-state index in [1.807, 2.05) is 13.1 Å². The van der Waals surface area contributed by atoms with Crippen molar-refractivity contribution in [2.75, 3.05) is 14.2 Å². The third-order valence-electron chi connectivity index (χ3n) is 4.34. The number of halogens is 1. The first-order chi connectivity index (χ1) is 10.2. The molecule has 1 aliphatic carbocycles. The first kappa shape index (κ1) is 14.6. The van der Waals surface area contributed by atoms with Gasteiger partial charge in [0.1, 0.15) is 5.75 Å². The Kier molecular flexibility index (Phi) is 4.32. The molecule has 0 radical (unpaired) electrons. The molecule has 1 N–H and O–H groups in total. The predicted molar refractivity (Wildman–Crippen MR) is 89.8 cm³/mol. The van der Waals surface area contributed by atoms with Crippen LogP contribution in [-0.4, -0.2) is 14.2 Å². The average molecular weight is 346 g/mol. The van der Waals surface area contributed by atoms with Gasteiger partial charge in [-0.3, -0.25) is 0 Å². The molecule has 0 aromatic heterocycles. The molecule has 21 heavy (non-hydrogen) atoms. The molecule has 2 nitrogen and oxygen atoms in total. The van der Waals surface area contributed by atoms with Crippen molar-refractivity contribution in [1.82, 2.24) is 5.32 Å². The fraction of sp³-hybridized carbons (Fsp3) is 0.333. The number of ether oxygens (including phenoxy) is 1. The molecule has 1 fully saturated rings. The molecule has 2 aromatic carbocycles. The minimum Gasteiger partial charge on any atom is -0.496 e. The predicted octanol–water partition coefficient (Wildman–Crippen LogP) is 4.52. The molecule has 110 valence electrons. The molecule has 0 amide bonds. The van der Waals surface area contributed by atoms with Crippen molar-refractivity contribution >= 4 is 15.9 Å². The Bertz CT molecular complexity index is 614. The lowest BCUT2D eigenvalue weighted by Crippen LogP contribution is -2.19. The molecule has 1 aliphatic rings. The van der Waals surface area contributed by atoms with Crippen LogP contribution in [0.1, 0.15) is 29.5 Å². The number of rotatable bonds is 5. The Morgan fingerprint density at radius 1 is 1.19 bits per heavy atom. The lowest BCUT2D eigenvalue weighted by atomic mass is 9.98. The summed E-state index contributed by atoms with van der Waals surface area (Å²) in [5, 5.41) is 3.48. The smallest absolute Gasteiger partial charge is 0.124 e. The van der Waals surface area contributed by atoms with Gasteiger partial charge in [-0.2, -0.15) is 0 Å². The maximum Gasteiger partial charge on any atom is 0.124 e. The van der Waals surface area contributed by atoms with Crippen LogP contribution < -0.4 is 10.1 Å². The zero-order valence-corrected chi connectivity index (χ0v) is 13.9. The number of hydrogen-bond acceptors (Lipinski definition) is 2. The molecule has 3 atom stereocenters. The fourth-order valence-corrected chi connectivity index (χ4v) is 3.55.